The van der Waals surface area contributed by atoms with Crippen LogP contribution in [0.5, 0.6) is 0 Å². The highest BCUT2D eigenvalue weighted by Crippen LogP contribution is 2.56. The summed E-state index contributed by atoms with van der Waals surface area (Å²) < 4.78 is 5.00. The first-order chi connectivity index (χ1) is 5.51. The van der Waals surface area contributed by atoms with Crippen LogP contribution in [0, 0.1) is 11.3 Å². The molecule has 1 fully saturated rings. The lowest BCUT2D eigenvalue weighted by atomic mass is 10.1. The van der Waals surface area contributed by atoms with E-state index in [2.05, 4.69) is 0 Å². The first kappa shape index (κ1) is 9.85. The van der Waals surface area contributed by atoms with Crippen molar-refractivity contribution in [3.63, 3.8) is 0 Å². The van der Waals surface area contributed by atoms with Gasteiger partial charge in [-0.2, -0.15) is 0 Å². The molecule has 0 aromatic carbocycles. The average molecular weight is 191 g/mol. The molecule has 0 aliphatic heterocycles. The summed E-state index contributed by atoms with van der Waals surface area (Å²) in [5.74, 6) is -0.229. The Balaban J connectivity index is 2.37. The molecule has 0 spiro atoms. The maximum absolute atomic E-state index is 11.3. The van der Waals surface area contributed by atoms with Gasteiger partial charge >= 0.3 is 5.97 Å². The molecule has 0 N–H and O–H groups in total. The van der Waals surface area contributed by atoms with Gasteiger partial charge in [0.05, 0.1) is 17.9 Å². The molecule has 1 saturated carbocycles. The number of esters is 1. The molecule has 0 radical (unpaired) electrons. The van der Waals surface area contributed by atoms with Crippen LogP contribution in [0.4, 0.5) is 0 Å². The normalized spacial score (nSPS) is 31.3. The van der Waals surface area contributed by atoms with E-state index in [0.29, 0.717) is 6.61 Å². The summed E-state index contributed by atoms with van der Waals surface area (Å²) in [6, 6.07) is 0. The van der Waals surface area contributed by atoms with Gasteiger partial charge in [0.1, 0.15) is 0 Å². The zero-order valence-electron chi connectivity index (χ0n) is 7.76. The molecule has 2 unspecified atom stereocenters. The van der Waals surface area contributed by atoms with Crippen LogP contribution in [0.2, 0.25) is 0 Å². The van der Waals surface area contributed by atoms with Crippen molar-refractivity contribution in [2.24, 2.45) is 11.3 Å². The van der Waals surface area contributed by atoms with Gasteiger partial charge in [-0.3, -0.25) is 4.79 Å². The van der Waals surface area contributed by atoms with Crippen LogP contribution in [0.25, 0.3) is 0 Å². The Morgan fingerprint density at radius 1 is 1.58 bits per heavy atom. The van der Waals surface area contributed by atoms with E-state index in [-0.39, 0.29) is 22.7 Å². The topological polar surface area (TPSA) is 26.3 Å². The summed E-state index contributed by atoms with van der Waals surface area (Å²) >= 11 is 5.92. The fourth-order valence-electron chi connectivity index (χ4n) is 1.29. The first-order valence-corrected chi connectivity index (χ1v) is 4.76. The molecule has 3 heteroatoms. The van der Waals surface area contributed by atoms with Crippen molar-refractivity contribution in [1.82, 2.24) is 0 Å². The molecular formula is C9H15ClO2. The minimum Gasteiger partial charge on any atom is -0.465 e. The number of rotatable bonds is 3. The molecule has 12 heavy (non-hydrogen) atoms. The van der Waals surface area contributed by atoms with Crippen LogP contribution >= 0.6 is 11.6 Å². The second kappa shape index (κ2) is 3.25. The lowest BCUT2D eigenvalue weighted by Gasteiger charge is -2.02. The highest BCUT2D eigenvalue weighted by atomic mass is 35.5. The van der Waals surface area contributed by atoms with Crippen LogP contribution in [0.3, 0.4) is 0 Å². The van der Waals surface area contributed by atoms with Gasteiger partial charge < -0.3 is 4.74 Å². The van der Waals surface area contributed by atoms with Gasteiger partial charge in [0.25, 0.3) is 0 Å². The second-order valence-electron chi connectivity index (χ2n) is 3.87. The molecule has 0 amide bonds. The summed E-state index contributed by atoms with van der Waals surface area (Å²) in [6.07, 6.45) is 0.867. The SMILES string of the molecule is CCCOC(=O)C1C(Cl)C1(C)C. The summed E-state index contributed by atoms with van der Waals surface area (Å²) in [5.41, 5.74) is -0.0631. The molecule has 0 saturated heterocycles. The van der Waals surface area contributed by atoms with E-state index < -0.39 is 0 Å². The molecule has 1 aliphatic rings. The highest BCUT2D eigenvalue weighted by Gasteiger charge is 2.62. The third-order valence-electron chi connectivity index (χ3n) is 2.40. The highest BCUT2D eigenvalue weighted by molar-refractivity contribution is 6.25. The summed E-state index contributed by atoms with van der Waals surface area (Å²) in [6.45, 7) is 6.46. The number of hydrogen-bond donors (Lipinski definition) is 0. The Hall–Kier alpha value is -0.240. The number of halogens is 1. The third kappa shape index (κ3) is 1.58. The van der Waals surface area contributed by atoms with Crippen molar-refractivity contribution in [2.45, 2.75) is 32.6 Å². The fourth-order valence-corrected chi connectivity index (χ4v) is 1.78. The predicted octanol–water partition coefficient (Wildman–Crippen LogP) is 2.20. The van der Waals surface area contributed by atoms with Gasteiger partial charge in [0, 0.05) is 0 Å². The fraction of sp³-hybridized carbons (Fsp3) is 0.889. The van der Waals surface area contributed by atoms with Crippen molar-refractivity contribution in [2.75, 3.05) is 6.61 Å². The summed E-state index contributed by atoms with van der Waals surface area (Å²) in [7, 11) is 0. The van der Waals surface area contributed by atoms with Crippen LogP contribution in [-0.4, -0.2) is 18.0 Å². The molecule has 2 atom stereocenters. The van der Waals surface area contributed by atoms with Gasteiger partial charge in [-0.1, -0.05) is 20.8 Å². The molecule has 70 valence electrons. The standard InChI is InChI=1S/C9H15ClO2/c1-4-5-12-8(11)6-7(10)9(6,2)3/h6-7H,4-5H2,1-3H3. The van der Waals surface area contributed by atoms with Crippen LogP contribution in [-0.2, 0) is 9.53 Å². The largest absolute Gasteiger partial charge is 0.465 e. The Morgan fingerprint density at radius 3 is 2.42 bits per heavy atom. The Labute approximate surface area is 78.2 Å². The van der Waals surface area contributed by atoms with Gasteiger partial charge in [-0.25, -0.2) is 0 Å². The van der Waals surface area contributed by atoms with Crippen LogP contribution in [0.1, 0.15) is 27.2 Å². The van der Waals surface area contributed by atoms with Crippen molar-refractivity contribution < 1.29 is 9.53 Å². The average Bonchev–Trinajstić information content (AvgIpc) is 2.47. The number of alkyl halides is 1. The lowest BCUT2D eigenvalue weighted by molar-refractivity contribution is -0.146. The third-order valence-corrected chi connectivity index (χ3v) is 3.21. The molecule has 2 nitrogen and oxygen atoms in total. The van der Waals surface area contributed by atoms with Crippen LogP contribution in [0.15, 0.2) is 0 Å². The minimum atomic E-state index is -0.137. The Morgan fingerprint density at radius 2 is 2.08 bits per heavy atom. The number of carbonyl (C=O) groups is 1. The maximum Gasteiger partial charge on any atom is 0.311 e. The zero-order chi connectivity index (χ0) is 9.35. The number of hydrogen-bond acceptors (Lipinski definition) is 2. The van der Waals surface area contributed by atoms with Crippen LogP contribution < -0.4 is 0 Å². The van der Waals surface area contributed by atoms with Crippen molar-refractivity contribution in [1.29, 1.82) is 0 Å². The predicted molar refractivity (Wildman–Crippen MR) is 48.2 cm³/mol. The number of ether oxygens (including phenoxy) is 1. The van der Waals surface area contributed by atoms with Gasteiger partial charge in [-0.15, -0.1) is 11.6 Å². The summed E-state index contributed by atoms with van der Waals surface area (Å²) in [5, 5.41) is -0.0399. The quantitative estimate of drug-likeness (QED) is 0.504. The van der Waals surface area contributed by atoms with Gasteiger partial charge in [0.2, 0.25) is 0 Å². The van der Waals surface area contributed by atoms with E-state index in [1.54, 1.807) is 0 Å². The summed E-state index contributed by atoms with van der Waals surface area (Å²) in [4.78, 5) is 11.3. The molecule has 0 bridgehead atoms. The van der Waals surface area contributed by atoms with Gasteiger partial charge in [-0.05, 0) is 11.8 Å². The molecule has 1 aliphatic carbocycles. The van der Waals surface area contributed by atoms with E-state index in [4.69, 9.17) is 16.3 Å². The van der Waals surface area contributed by atoms with E-state index in [1.807, 2.05) is 20.8 Å². The maximum atomic E-state index is 11.3. The van der Waals surface area contributed by atoms with E-state index in [0.717, 1.165) is 6.42 Å². The zero-order valence-corrected chi connectivity index (χ0v) is 8.52. The molecule has 0 heterocycles. The number of carbonyl (C=O) groups excluding carboxylic acids is 1. The van der Waals surface area contributed by atoms with E-state index in [1.165, 1.54) is 0 Å². The first-order valence-electron chi connectivity index (χ1n) is 4.32. The van der Waals surface area contributed by atoms with Crippen molar-refractivity contribution in [3.05, 3.63) is 0 Å². The van der Waals surface area contributed by atoms with E-state index >= 15 is 0 Å². The van der Waals surface area contributed by atoms with Crippen molar-refractivity contribution in [3.8, 4) is 0 Å². The molecule has 1 rings (SSSR count). The molecule has 0 aromatic rings. The smallest absolute Gasteiger partial charge is 0.311 e. The monoisotopic (exact) mass is 190 g/mol. The minimum absolute atomic E-state index is 0.0399. The Kier molecular flexibility index (Phi) is 2.67. The Bertz CT molecular complexity index is 189. The van der Waals surface area contributed by atoms with Gasteiger partial charge in [0.15, 0.2) is 0 Å². The molecular weight excluding hydrogens is 176 g/mol. The van der Waals surface area contributed by atoms with E-state index in [9.17, 15) is 4.79 Å². The lowest BCUT2D eigenvalue weighted by Crippen LogP contribution is -2.11. The second-order valence-corrected chi connectivity index (χ2v) is 4.34. The van der Waals surface area contributed by atoms with Crippen molar-refractivity contribution >= 4 is 17.6 Å². The molecule has 0 aromatic heterocycles.